The van der Waals surface area contributed by atoms with E-state index in [0.717, 1.165) is 12.1 Å². The van der Waals surface area contributed by atoms with Crippen LogP contribution in [0.2, 0.25) is 0 Å². The van der Waals surface area contributed by atoms with Gasteiger partial charge in [0.05, 0.1) is 5.56 Å². The lowest BCUT2D eigenvalue weighted by Gasteiger charge is -2.23. The highest BCUT2D eigenvalue weighted by Crippen LogP contribution is 2.45. The summed E-state index contributed by atoms with van der Waals surface area (Å²) in [7, 11) is 0. The molecule has 1 unspecified atom stereocenters. The van der Waals surface area contributed by atoms with Crippen molar-refractivity contribution in [2.24, 2.45) is 0 Å². The van der Waals surface area contributed by atoms with Crippen LogP contribution in [-0.2, 0) is 10.2 Å². The van der Waals surface area contributed by atoms with Crippen LogP contribution in [0.5, 0.6) is 11.6 Å². The first-order valence-electron chi connectivity index (χ1n) is 11.0. The Kier molecular flexibility index (Phi) is 4.87. The number of nitrogens with zero attached hydrogens (tertiary/aromatic N) is 5. The molecule has 0 radical (unpaired) electrons. The summed E-state index contributed by atoms with van der Waals surface area (Å²) >= 11 is 0. The summed E-state index contributed by atoms with van der Waals surface area (Å²) in [4.78, 5) is 30.5. The number of halogens is 3. The highest BCUT2D eigenvalue weighted by atomic mass is 19.2. The van der Waals surface area contributed by atoms with Crippen molar-refractivity contribution in [3.8, 4) is 23.1 Å². The zero-order valence-corrected chi connectivity index (χ0v) is 19.0. The number of hydrogen-bond donors (Lipinski definition) is 2. The number of hydrogen-bond acceptors (Lipinski definition) is 7. The van der Waals surface area contributed by atoms with Crippen molar-refractivity contribution in [2.45, 2.75) is 12.3 Å². The molecule has 0 fully saturated rings. The van der Waals surface area contributed by atoms with E-state index in [1.165, 1.54) is 36.5 Å². The largest absolute Gasteiger partial charge is 0.436 e. The molecule has 9 nitrogen and oxygen atoms in total. The Labute approximate surface area is 206 Å². The molecule has 12 heteroatoms. The molecule has 1 aliphatic heterocycles. The fourth-order valence-corrected chi connectivity index (χ4v) is 4.31. The molecular weight excluding hydrogens is 487 g/mol. The predicted octanol–water partition coefficient (Wildman–Crippen LogP) is 4.24. The number of amides is 1. The van der Waals surface area contributed by atoms with Crippen LogP contribution in [0, 0.1) is 17.5 Å². The Morgan fingerprint density at radius 2 is 1.81 bits per heavy atom. The minimum atomic E-state index is -1.24. The van der Waals surface area contributed by atoms with Gasteiger partial charge in [0.25, 0.3) is 5.88 Å². The number of carbonyl (C=O) groups excluding carboxylic acids is 1. The molecule has 0 spiro atoms. The average Bonchev–Trinajstić information content (AvgIpc) is 3.45. The molecule has 1 atom stereocenters. The normalized spacial score (nSPS) is 16.6. The summed E-state index contributed by atoms with van der Waals surface area (Å²) in [5, 5.41) is 2.73. The van der Waals surface area contributed by atoms with Crippen LogP contribution in [0.1, 0.15) is 18.1 Å². The number of rotatable bonds is 4. The maximum absolute atomic E-state index is 13.7. The van der Waals surface area contributed by atoms with Gasteiger partial charge in [0.1, 0.15) is 34.3 Å². The molecule has 2 aromatic carbocycles. The lowest BCUT2D eigenvalue weighted by atomic mass is 9.78. The molecule has 1 aliphatic rings. The van der Waals surface area contributed by atoms with Gasteiger partial charge in [0, 0.05) is 24.7 Å². The topological polar surface area (TPSA) is 120 Å². The molecular formula is C25H16F3N7O2. The Hall–Kier alpha value is -5.00. The molecule has 3 aromatic heterocycles. The van der Waals surface area contributed by atoms with Gasteiger partial charge >= 0.3 is 0 Å². The van der Waals surface area contributed by atoms with Crippen LogP contribution in [0.4, 0.5) is 24.8 Å². The number of fused-ring (bicyclic) bond motifs is 2. The van der Waals surface area contributed by atoms with Crippen LogP contribution in [0.3, 0.4) is 0 Å². The lowest BCUT2D eigenvalue weighted by Crippen LogP contribution is -2.33. The number of nitrogen functional groups attached to an aromatic ring is 1. The van der Waals surface area contributed by atoms with Crippen molar-refractivity contribution in [1.82, 2.24) is 24.3 Å². The van der Waals surface area contributed by atoms with Gasteiger partial charge < -0.3 is 20.2 Å². The molecule has 0 saturated heterocycles. The van der Waals surface area contributed by atoms with Gasteiger partial charge in [-0.3, -0.25) is 4.79 Å². The quantitative estimate of drug-likeness (QED) is 0.376. The molecule has 4 heterocycles. The number of aromatic nitrogens is 5. The highest BCUT2D eigenvalue weighted by molar-refractivity contribution is 6.09. The molecule has 6 rings (SSSR count). The summed E-state index contributed by atoms with van der Waals surface area (Å²) in [5.74, 6) is -2.65. The summed E-state index contributed by atoms with van der Waals surface area (Å²) < 4.78 is 47.8. The first-order valence-corrected chi connectivity index (χ1v) is 11.0. The number of benzene rings is 2. The second-order valence-corrected chi connectivity index (χ2v) is 8.51. The van der Waals surface area contributed by atoms with Gasteiger partial charge in [-0.25, -0.2) is 33.1 Å². The van der Waals surface area contributed by atoms with Crippen LogP contribution in [0.15, 0.2) is 61.1 Å². The predicted molar refractivity (Wildman–Crippen MR) is 126 cm³/mol. The molecule has 37 heavy (non-hydrogen) atoms. The molecule has 0 saturated carbocycles. The second kappa shape index (κ2) is 8.01. The van der Waals surface area contributed by atoms with Crippen LogP contribution in [-0.4, -0.2) is 30.2 Å². The van der Waals surface area contributed by atoms with E-state index < -0.39 is 28.8 Å². The first kappa shape index (κ1) is 22.5. The number of carbonyl (C=O) groups is 1. The van der Waals surface area contributed by atoms with Crippen molar-refractivity contribution in [3.63, 3.8) is 0 Å². The number of anilines is 2. The molecule has 0 aliphatic carbocycles. The first-order chi connectivity index (χ1) is 17.7. The summed E-state index contributed by atoms with van der Waals surface area (Å²) in [6, 6.07) is 8.61. The smallest absolute Gasteiger partial charge is 0.264 e. The van der Waals surface area contributed by atoms with E-state index in [9.17, 15) is 18.0 Å². The number of imidazole rings is 1. The lowest BCUT2D eigenvalue weighted by molar-refractivity contribution is -0.119. The van der Waals surface area contributed by atoms with E-state index in [-0.39, 0.29) is 34.8 Å². The Morgan fingerprint density at radius 3 is 2.57 bits per heavy atom. The maximum Gasteiger partial charge on any atom is 0.264 e. The van der Waals surface area contributed by atoms with Gasteiger partial charge in [-0.15, -0.1) is 0 Å². The van der Waals surface area contributed by atoms with Crippen LogP contribution < -0.4 is 15.8 Å². The van der Waals surface area contributed by atoms with Gasteiger partial charge in [0.2, 0.25) is 11.6 Å². The van der Waals surface area contributed by atoms with E-state index in [0.29, 0.717) is 16.8 Å². The monoisotopic (exact) mass is 503 g/mol. The Balaban J connectivity index is 1.45. The van der Waals surface area contributed by atoms with E-state index in [2.05, 4.69) is 25.3 Å². The van der Waals surface area contributed by atoms with Crippen molar-refractivity contribution < 1.29 is 22.7 Å². The second-order valence-electron chi connectivity index (χ2n) is 8.51. The number of nitrogens with one attached hydrogen (secondary N) is 1. The van der Waals surface area contributed by atoms with Gasteiger partial charge in [-0.05, 0) is 36.8 Å². The van der Waals surface area contributed by atoms with Crippen molar-refractivity contribution in [2.75, 3.05) is 11.1 Å². The standard InChI is InChI=1S/C25H16F3N7O2/c1-25(12-2-4-13(26)5-3-12)18-19(29)32-20(33-21(18)34-24(25)36)17-11-35-9-8-30-22(35)23(31-17)37-14-6-7-15(27)16(28)10-14/h2-11H,1H3,(H3,29,32,33,34,36). The van der Waals surface area contributed by atoms with E-state index in [1.54, 1.807) is 23.7 Å². The van der Waals surface area contributed by atoms with Gasteiger partial charge in [-0.2, -0.15) is 0 Å². The van der Waals surface area contributed by atoms with E-state index in [1.807, 2.05) is 0 Å². The molecule has 184 valence electrons. The Morgan fingerprint density at radius 1 is 1.03 bits per heavy atom. The SMILES string of the molecule is CC1(c2ccc(F)cc2)C(=O)Nc2nc(-c3cn4ccnc4c(Oc4ccc(F)c(F)c4)n3)nc(N)c21. The summed E-state index contributed by atoms with van der Waals surface area (Å²) in [5.41, 5.74) is 6.48. The zero-order valence-electron chi connectivity index (χ0n) is 19.0. The van der Waals surface area contributed by atoms with Crippen LogP contribution in [0.25, 0.3) is 17.2 Å². The third-order valence-corrected chi connectivity index (χ3v) is 6.22. The number of ether oxygens (including phenoxy) is 1. The van der Waals surface area contributed by atoms with Gasteiger partial charge in [-0.1, -0.05) is 12.1 Å². The maximum atomic E-state index is 13.7. The summed E-state index contributed by atoms with van der Waals surface area (Å²) in [6.45, 7) is 1.66. The third-order valence-electron chi connectivity index (χ3n) is 6.22. The summed E-state index contributed by atoms with van der Waals surface area (Å²) in [6.07, 6.45) is 4.71. The zero-order chi connectivity index (χ0) is 25.9. The molecule has 1 amide bonds. The fourth-order valence-electron chi connectivity index (χ4n) is 4.31. The van der Waals surface area contributed by atoms with Crippen molar-refractivity contribution in [1.29, 1.82) is 0 Å². The Bertz CT molecular complexity index is 1720. The highest BCUT2D eigenvalue weighted by Gasteiger charge is 2.47. The van der Waals surface area contributed by atoms with E-state index in [4.69, 9.17) is 10.5 Å². The minimum Gasteiger partial charge on any atom is -0.436 e. The van der Waals surface area contributed by atoms with Crippen LogP contribution >= 0.6 is 0 Å². The van der Waals surface area contributed by atoms with Crippen molar-refractivity contribution in [3.05, 3.63) is 89.6 Å². The average molecular weight is 503 g/mol. The molecule has 0 bridgehead atoms. The minimum absolute atomic E-state index is 0.00478. The fraction of sp³-hybridized carbons (Fsp3) is 0.0800. The van der Waals surface area contributed by atoms with E-state index >= 15 is 0 Å². The number of nitrogens with two attached hydrogens (primary N) is 1. The molecule has 3 N–H and O–H groups in total. The molecule has 5 aromatic rings. The van der Waals surface area contributed by atoms with Crippen molar-refractivity contribution >= 4 is 23.2 Å². The van der Waals surface area contributed by atoms with Gasteiger partial charge in [0.15, 0.2) is 17.5 Å². The third kappa shape index (κ3) is 3.53.